The lowest BCUT2D eigenvalue weighted by Crippen LogP contribution is -2.47. The van der Waals surface area contributed by atoms with Gasteiger partial charge in [-0.2, -0.15) is 0 Å². The number of ether oxygens (including phenoxy) is 1. The zero-order valence-electron chi connectivity index (χ0n) is 34.8. The molecule has 364 valence electrons. The number of carboxylic acid groups (broad SMARTS) is 2. The van der Waals surface area contributed by atoms with Crippen LogP contribution >= 0.6 is 62.3 Å². The minimum atomic E-state index is -1.74. The molecule has 6 rings (SSSR count). The summed E-state index contributed by atoms with van der Waals surface area (Å²) in [5, 5.41) is 88.0. The van der Waals surface area contributed by atoms with Crippen molar-refractivity contribution in [2.24, 2.45) is 5.84 Å². The minimum absolute atomic E-state index is 0.0305. The third kappa shape index (κ3) is 19.2. The van der Waals surface area contributed by atoms with E-state index in [1.165, 1.54) is 29.3 Å². The summed E-state index contributed by atoms with van der Waals surface area (Å²) in [6, 6.07) is 24.2. The molecule has 4 aromatic carbocycles. The van der Waals surface area contributed by atoms with E-state index in [0.717, 1.165) is 33.6 Å². The van der Waals surface area contributed by atoms with Gasteiger partial charge in [0.25, 0.3) is 5.91 Å². The number of hydrogen-bond donors (Lipinski definition) is 10. The van der Waals surface area contributed by atoms with E-state index in [-0.39, 0.29) is 40.4 Å². The number of benzene rings is 4. The third-order valence-electron chi connectivity index (χ3n) is 8.22. The van der Waals surface area contributed by atoms with Gasteiger partial charge in [-0.3, -0.25) is 26.5 Å². The summed E-state index contributed by atoms with van der Waals surface area (Å²) in [6.07, 6.45) is -1.09. The van der Waals surface area contributed by atoms with Gasteiger partial charge in [0, 0.05) is 38.2 Å². The molecule has 11 N–H and O–H groups in total. The van der Waals surface area contributed by atoms with Gasteiger partial charge >= 0.3 is 17.9 Å². The molecule has 68 heavy (non-hydrogen) atoms. The van der Waals surface area contributed by atoms with Gasteiger partial charge < -0.3 is 35.6 Å². The molecule has 0 unspecified atom stereocenters. The van der Waals surface area contributed by atoms with Gasteiger partial charge in [-0.1, -0.05) is 108 Å². The van der Waals surface area contributed by atoms with Gasteiger partial charge in [-0.25, -0.2) is 24.4 Å². The molecule has 2 aromatic heterocycles. The molecule has 0 saturated carbocycles. The number of hydrogen-bond acceptors (Lipinski definition) is 19. The number of hydrazine groups is 2. The van der Waals surface area contributed by atoms with Crippen LogP contribution in [-0.4, -0.2) is 138 Å². The van der Waals surface area contributed by atoms with Gasteiger partial charge in [-0.05, 0) is 75.6 Å². The molecular weight excluding hydrogens is 1050 g/mol. The zero-order valence-corrected chi connectivity index (χ0v) is 39.4. The maximum atomic E-state index is 12.3. The maximum Gasteiger partial charge on any atom is 0.358 e. The van der Waals surface area contributed by atoms with Gasteiger partial charge in [0.2, 0.25) is 0 Å². The largest absolute Gasteiger partial charge is 0.479 e. The molecule has 2 heterocycles. The van der Waals surface area contributed by atoms with Crippen molar-refractivity contribution in [1.29, 1.82) is 0 Å². The number of aliphatic hydroxyl groups is 2. The first-order valence-electron chi connectivity index (χ1n) is 18.7. The van der Waals surface area contributed by atoms with Gasteiger partial charge in [0.1, 0.15) is 11.9 Å². The molecule has 0 bridgehead atoms. The Labute approximate surface area is 412 Å². The number of aromatic nitrogens is 6. The molecule has 1 amide bonds. The number of methoxy groups -OCH3 is 1. The lowest BCUT2D eigenvalue weighted by Gasteiger charge is -2.24. The fourth-order valence-corrected chi connectivity index (χ4v) is 6.06. The fourth-order valence-electron chi connectivity index (χ4n) is 5.04. The van der Waals surface area contributed by atoms with Crippen LogP contribution in [0.4, 0.5) is 5.69 Å². The number of rotatable bonds is 15. The highest BCUT2D eigenvalue weighted by atomic mass is 79.9. The van der Waals surface area contributed by atoms with Crippen LogP contribution in [-0.2, 0) is 27.4 Å². The quantitative estimate of drug-likeness (QED) is 0.0292. The molecule has 0 radical (unpaired) electrons. The molecular formula is C39H40BrCl4N11O13. The van der Waals surface area contributed by atoms with Crippen molar-refractivity contribution < 1.29 is 65.2 Å². The highest BCUT2D eigenvalue weighted by molar-refractivity contribution is 9.10. The standard InChI is InChI=1S/C19H17Cl2N5O5.C11H15BrN2O3.C6H5Cl2NO2.C3H3N3O3/c20-13-5-6-15(21)14(7-13)12-3-1-11(2-4-12)8-25(10-17(27)19(29)30)23-18(28)16-9-26(31)24-22-16;1-17-11(16)10(15)7-14(13)6-8-2-4-9(12)5-3-8;7-4-1-2-5(8)6(3-4)9(10)11;7-3(8)2-1-6(9)5-4-2/h1-7,9,17,27,31H,8,10H2,(H,23,28)(H,29,30);2-5,10,15H,6-7,13H2,1H3;1-3,10-11H;1,9H,(H,7,8)/t17-;10-;;/m11../s1. The number of aliphatic carboxylic acids is 1. The predicted octanol–water partition coefficient (Wildman–Crippen LogP) is 4.53. The number of anilines is 1. The first-order valence-corrected chi connectivity index (χ1v) is 21.0. The van der Waals surface area contributed by atoms with Gasteiger partial charge in [0.15, 0.2) is 23.6 Å². The second kappa shape index (κ2) is 27.6. The number of nitrogens with one attached hydrogen (secondary N) is 1. The average Bonchev–Trinajstić information content (AvgIpc) is 3.95. The number of carbonyl (C=O) groups is 4. The number of nitrogens with zero attached hydrogens (tertiary/aromatic N) is 9. The van der Waals surface area contributed by atoms with Crippen molar-refractivity contribution in [3.63, 3.8) is 0 Å². The van der Waals surface area contributed by atoms with E-state index < -0.39 is 42.6 Å². The molecule has 0 saturated heterocycles. The van der Waals surface area contributed by atoms with Crippen LogP contribution in [0.15, 0.2) is 102 Å². The lowest BCUT2D eigenvalue weighted by atomic mass is 10.0. The van der Waals surface area contributed by atoms with Crippen molar-refractivity contribution in [3.8, 4) is 11.1 Å². The first kappa shape index (κ1) is 56.1. The van der Waals surface area contributed by atoms with E-state index in [2.05, 4.69) is 46.7 Å². The van der Waals surface area contributed by atoms with Crippen molar-refractivity contribution >= 4 is 91.8 Å². The van der Waals surface area contributed by atoms with E-state index in [1.807, 2.05) is 24.3 Å². The molecule has 0 aliphatic rings. The number of carboxylic acids is 2. The Morgan fingerprint density at radius 3 is 1.76 bits per heavy atom. The Morgan fingerprint density at radius 1 is 0.750 bits per heavy atom. The van der Waals surface area contributed by atoms with Crippen LogP contribution in [0.3, 0.4) is 0 Å². The zero-order chi connectivity index (χ0) is 50.7. The number of aromatic carboxylic acids is 1. The Hall–Kier alpha value is -6.20. The SMILES string of the molecule is COC(=O)[C@H](O)CN(N)Cc1ccc(Br)cc1.O=C(NN(Cc1ccc(-c2cc(Cl)ccc2Cl)cc1)C[C@@H](O)C(=O)O)c1cn(O)nn1.O=C(O)c1cn(O)nn1.ON(O)c1cc(Cl)ccc1Cl. The average molecular weight is 1090 g/mol. The summed E-state index contributed by atoms with van der Waals surface area (Å²) in [6.45, 7) is 0.160. The molecule has 0 spiro atoms. The predicted molar refractivity (Wildman–Crippen MR) is 244 cm³/mol. The summed E-state index contributed by atoms with van der Waals surface area (Å²) >= 11 is 26.7. The van der Waals surface area contributed by atoms with Crippen LogP contribution in [0.2, 0.25) is 20.1 Å². The van der Waals surface area contributed by atoms with E-state index in [0.29, 0.717) is 36.9 Å². The van der Waals surface area contributed by atoms with E-state index >= 15 is 0 Å². The normalized spacial score (nSPS) is 11.4. The second-order valence-electron chi connectivity index (χ2n) is 13.3. The molecule has 2 atom stereocenters. The molecule has 0 aliphatic heterocycles. The van der Waals surface area contributed by atoms with Crippen molar-refractivity contribution in [1.82, 2.24) is 45.8 Å². The highest BCUT2D eigenvalue weighted by Crippen LogP contribution is 2.31. The van der Waals surface area contributed by atoms with E-state index in [9.17, 15) is 29.4 Å². The van der Waals surface area contributed by atoms with Crippen LogP contribution in [0.1, 0.15) is 32.1 Å². The topological polar surface area (TPSA) is 349 Å². The van der Waals surface area contributed by atoms with Crippen LogP contribution < -0.4 is 16.5 Å². The van der Waals surface area contributed by atoms with Crippen molar-refractivity contribution in [2.45, 2.75) is 25.3 Å². The van der Waals surface area contributed by atoms with Crippen molar-refractivity contribution in [3.05, 3.63) is 144 Å². The smallest absolute Gasteiger partial charge is 0.358 e. The number of amides is 1. The van der Waals surface area contributed by atoms with Gasteiger partial charge in [-0.15, -0.1) is 15.4 Å². The van der Waals surface area contributed by atoms with Crippen LogP contribution in [0.25, 0.3) is 11.1 Å². The Balaban J connectivity index is 0.000000275. The number of halogens is 5. The monoisotopic (exact) mass is 1090 g/mol. The summed E-state index contributed by atoms with van der Waals surface area (Å²) in [5.41, 5.74) is 5.31. The third-order valence-corrected chi connectivity index (χ3v) is 9.87. The van der Waals surface area contributed by atoms with Crippen molar-refractivity contribution in [2.75, 3.05) is 25.4 Å². The van der Waals surface area contributed by atoms with Crippen LogP contribution in [0.5, 0.6) is 0 Å². The fraction of sp³-hybridized carbons (Fsp3) is 0.179. The maximum absolute atomic E-state index is 12.3. The number of carbonyl (C=O) groups excluding carboxylic acids is 2. The Morgan fingerprint density at radius 2 is 1.28 bits per heavy atom. The molecule has 0 fully saturated rings. The number of aliphatic hydroxyl groups excluding tert-OH is 2. The number of esters is 1. The highest BCUT2D eigenvalue weighted by Gasteiger charge is 2.22. The van der Waals surface area contributed by atoms with Crippen LogP contribution in [0, 0.1) is 0 Å². The lowest BCUT2D eigenvalue weighted by molar-refractivity contribution is -0.151. The summed E-state index contributed by atoms with van der Waals surface area (Å²) in [4.78, 5) is 45.0. The molecule has 6 aromatic rings. The molecule has 24 nitrogen and oxygen atoms in total. The van der Waals surface area contributed by atoms with E-state index in [1.54, 1.807) is 48.5 Å². The Bertz CT molecular complexity index is 2600. The summed E-state index contributed by atoms with van der Waals surface area (Å²) in [7, 11) is 1.22. The van der Waals surface area contributed by atoms with Gasteiger partial charge in [0.05, 0.1) is 31.4 Å². The minimum Gasteiger partial charge on any atom is -0.479 e. The number of nitrogens with two attached hydrogens (primary N) is 1. The first-order chi connectivity index (χ1) is 32.1. The Kier molecular flexibility index (Phi) is 22.8. The molecule has 29 heteroatoms. The summed E-state index contributed by atoms with van der Waals surface area (Å²) in [5.74, 6) is 1.62. The second-order valence-corrected chi connectivity index (χ2v) is 15.9. The summed E-state index contributed by atoms with van der Waals surface area (Å²) < 4.78 is 5.39. The molecule has 0 aliphatic carbocycles. The van der Waals surface area contributed by atoms with E-state index in [4.69, 9.17) is 83.3 Å².